The fraction of sp³-hybridized carbons (Fsp3) is 0.111. The average Bonchev–Trinajstić information content (AvgIpc) is 2.03. The number of carbonyl (C=O) groups is 2. The molecule has 12 heavy (non-hydrogen) atoms. The summed E-state index contributed by atoms with van der Waals surface area (Å²) in [4.78, 5) is 20.0. The first-order valence-corrected chi connectivity index (χ1v) is 3.36. The van der Waals surface area contributed by atoms with Gasteiger partial charge in [0, 0.05) is 6.08 Å². The fourth-order valence-electron chi connectivity index (χ4n) is 0.449. The number of hydrogen-bond donors (Lipinski definition) is 1. The standard InChI is InChI=1S/C9H10O3/c1-8(7-10)5-3-2-4-6-9(11)12/h2-7H,1H3,(H,11,12). The number of allylic oxidation sites excluding steroid dienone is 5. The first-order valence-electron chi connectivity index (χ1n) is 3.36. The second kappa shape index (κ2) is 6.09. The van der Waals surface area contributed by atoms with Crippen molar-refractivity contribution in [1.29, 1.82) is 0 Å². The number of carboxylic acid groups (broad SMARTS) is 1. The van der Waals surface area contributed by atoms with Crippen molar-refractivity contribution in [3.05, 3.63) is 36.0 Å². The van der Waals surface area contributed by atoms with Crippen molar-refractivity contribution in [3.63, 3.8) is 0 Å². The molecule has 3 heteroatoms. The third kappa shape index (κ3) is 6.48. The number of aldehydes is 1. The van der Waals surface area contributed by atoms with Gasteiger partial charge in [-0.1, -0.05) is 24.3 Å². The fourth-order valence-corrected chi connectivity index (χ4v) is 0.449. The maximum absolute atomic E-state index is 10.1. The SMILES string of the molecule is CC(C=O)=CC=CC=CC(=O)O. The molecule has 1 N–H and O–H groups in total. The number of hydrogen-bond acceptors (Lipinski definition) is 2. The largest absolute Gasteiger partial charge is 0.478 e. The van der Waals surface area contributed by atoms with Crippen molar-refractivity contribution < 1.29 is 14.7 Å². The Morgan fingerprint density at radius 2 is 1.92 bits per heavy atom. The van der Waals surface area contributed by atoms with E-state index in [4.69, 9.17) is 5.11 Å². The molecule has 0 amide bonds. The Morgan fingerprint density at radius 3 is 2.42 bits per heavy atom. The van der Waals surface area contributed by atoms with Crippen LogP contribution in [0.15, 0.2) is 36.0 Å². The number of rotatable bonds is 4. The van der Waals surface area contributed by atoms with Crippen molar-refractivity contribution in [2.45, 2.75) is 6.92 Å². The van der Waals surface area contributed by atoms with Crippen molar-refractivity contribution in [1.82, 2.24) is 0 Å². The van der Waals surface area contributed by atoms with Crippen molar-refractivity contribution in [2.24, 2.45) is 0 Å². The minimum absolute atomic E-state index is 0.593. The van der Waals surface area contributed by atoms with Gasteiger partial charge in [-0.2, -0.15) is 0 Å². The van der Waals surface area contributed by atoms with Crippen molar-refractivity contribution >= 4 is 12.3 Å². The molecule has 0 heterocycles. The van der Waals surface area contributed by atoms with E-state index < -0.39 is 5.97 Å². The lowest BCUT2D eigenvalue weighted by atomic mass is 10.3. The predicted octanol–water partition coefficient (Wildman–Crippen LogP) is 1.33. The van der Waals surface area contributed by atoms with Gasteiger partial charge in [-0.15, -0.1) is 0 Å². The van der Waals surface area contributed by atoms with Crippen LogP contribution in [-0.2, 0) is 9.59 Å². The van der Waals surface area contributed by atoms with E-state index in [2.05, 4.69) is 0 Å². The molecule has 0 bridgehead atoms. The molecule has 0 aliphatic rings. The van der Waals surface area contributed by atoms with Crippen LogP contribution in [0, 0.1) is 0 Å². The summed E-state index contributed by atoms with van der Waals surface area (Å²) in [5, 5.41) is 8.18. The first-order chi connectivity index (χ1) is 5.66. The van der Waals surface area contributed by atoms with E-state index in [-0.39, 0.29) is 0 Å². The van der Waals surface area contributed by atoms with Crippen LogP contribution >= 0.6 is 0 Å². The van der Waals surface area contributed by atoms with Crippen LogP contribution in [0.4, 0.5) is 0 Å². The van der Waals surface area contributed by atoms with Gasteiger partial charge >= 0.3 is 5.97 Å². The monoisotopic (exact) mass is 166 g/mol. The highest BCUT2D eigenvalue weighted by Crippen LogP contribution is 1.87. The Balaban J connectivity index is 3.93. The molecule has 0 aromatic rings. The van der Waals surface area contributed by atoms with Gasteiger partial charge in [0.05, 0.1) is 0 Å². The van der Waals surface area contributed by atoms with Crippen LogP contribution in [0.5, 0.6) is 0 Å². The molecule has 0 saturated carbocycles. The number of carboxylic acids is 1. The van der Waals surface area contributed by atoms with E-state index in [0.29, 0.717) is 5.57 Å². The maximum Gasteiger partial charge on any atom is 0.328 e. The molecule has 0 saturated heterocycles. The third-order valence-electron chi connectivity index (χ3n) is 1.01. The minimum atomic E-state index is -0.990. The van der Waals surface area contributed by atoms with Crippen LogP contribution in [-0.4, -0.2) is 17.4 Å². The molecule has 0 radical (unpaired) electrons. The van der Waals surface area contributed by atoms with Crippen LogP contribution in [0.2, 0.25) is 0 Å². The van der Waals surface area contributed by atoms with Gasteiger partial charge in [0.1, 0.15) is 6.29 Å². The second-order valence-corrected chi connectivity index (χ2v) is 2.11. The summed E-state index contributed by atoms with van der Waals surface area (Å²) in [5.41, 5.74) is 0.593. The van der Waals surface area contributed by atoms with Gasteiger partial charge < -0.3 is 5.11 Å². The van der Waals surface area contributed by atoms with Crippen molar-refractivity contribution in [2.75, 3.05) is 0 Å². The Hall–Kier alpha value is -1.64. The molecule has 0 atom stereocenters. The Bertz CT molecular complexity index is 246. The summed E-state index contributed by atoms with van der Waals surface area (Å²) in [6, 6.07) is 0. The summed E-state index contributed by atoms with van der Waals surface area (Å²) in [5.74, 6) is -0.990. The minimum Gasteiger partial charge on any atom is -0.478 e. The zero-order chi connectivity index (χ0) is 9.40. The van der Waals surface area contributed by atoms with Gasteiger partial charge in [0.2, 0.25) is 0 Å². The smallest absolute Gasteiger partial charge is 0.328 e. The molecular formula is C9H10O3. The van der Waals surface area contributed by atoms with Crippen LogP contribution in [0.1, 0.15) is 6.92 Å². The molecule has 0 aliphatic carbocycles. The topological polar surface area (TPSA) is 54.4 Å². The molecule has 0 spiro atoms. The lowest BCUT2D eigenvalue weighted by Gasteiger charge is -1.79. The molecule has 0 unspecified atom stereocenters. The van der Waals surface area contributed by atoms with Gasteiger partial charge in [0.25, 0.3) is 0 Å². The molecule has 64 valence electrons. The highest BCUT2D eigenvalue weighted by atomic mass is 16.4. The summed E-state index contributed by atoms with van der Waals surface area (Å²) < 4.78 is 0. The normalized spacial score (nSPS) is 12.6. The summed E-state index contributed by atoms with van der Waals surface area (Å²) >= 11 is 0. The van der Waals surface area contributed by atoms with E-state index in [9.17, 15) is 9.59 Å². The molecule has 0 fully saturated rings. The number of aliphatic carboxylic acids is 1. The van der Waals surface area contributed by atoms with Crippen LogP contribution in [0.3, 0.4) is 0 Å². The van der Waals surface area contributed by atoms with E-state index in [1.165, 1.54) is 6.08 Å². The molecular weight excluding hydrogens is 156 g/mol. The summed E-state index contributed by atoms with van der Waals surface area (Å²) in [7, 11) is 0. The summed E-state index contributed by atoms with van der Waals surface area (Å²) in [6.45, 7) is 1.66. The molecule has 0 aliphatic heterocycles. The quantitative estimate of drug-likeness (QED) is 0.389. The molecule has 0 rings (SSSR count). The van der Waals surface area contributed by atoms with Gasteiger partial charge in [0.15, 0.2) is 0 Å². The Labute approximate surface area is 70.7 Å². The first kappa shape index (κ1) is 10.4. The lowest BCUT2D eigenvalue weighted by molar-refractivity contribution is -0.131. The maximum atomic E-state index is 10.1. The third-order valence-corrected chi connectivity index (χ3v) is 1.01. The van der Waals surface area contributed by atoms with Gasteiger partial charge in [-0.25, -0.2) is 4.79 Å². The van der Waals surface area contributed by atoms with Crippen LogP contribution < -0.4 is 0 Å². The molecule has 0 aromatic heterocycles. The highest BCUT2D eigenvalue weighted by molar-refractivity contribution is 5.80. The lowest BCUT2D eigenvalue weighted by Crippen LogP contribution is -1.84. The van der Waals surface area contributed by atoms with Gasteiger partial charge in [-0.05, 0) is 12.5 Å². The van der Waals surface area contributed by atoms with Crippen molar-refractivity contribution in [3.8, 4) is 0 Å². The summed E-state index contributed by atoms with van der Waals surface area (Å²) in [6.07, 6.45) is 7.87. The van der Waals surface area contributed by atoms with Gasteiger partial charge in [-0.3, -0.25) is 4.79 Å². The average molecular weight is 166 g/mol. The van der Waals surface area contributed by atoms with E-state index in [1.807, 2.05) is 0 Å². The Morgan fingerprint density at radius 1 is 1.25 bits per heavy atom. The van der Waals surface area contributed by atoms with E-state index >= 15 is 0 Å². The second-order valence-electron chi connectivity index (χ2n) is 2.11. The van der Waals surface area contributed by atoms with Crippen LogP contribution in [0.25, 0.3) is 0 Å². The molecule has 3 nitrogen and oxygen atoms in total. The number of carbonyl (C=O) groups excluding carboxylic acids is 1. The van der Waals surface area contributed by atoms with E-state index in [1.54, 1.807) is 25.2 Å². The van der Waals surface area contributed by atoms with E-state index in [0.717, 1.165) is 12.4 Å². The molecule has 0 aromatic carbocycles. The Kier molecular flexibility index (Phi) is 5.26. The highest BCUT2D eigenvalue weighted by Gasteiger charge is 1.80. The predicted molar refractivity (Wildman–Crippen MR) is 45.7 cm³/mol. The zero-order valence-electron chi connectivity index (χ0n) is 6.73. The zero-order valence-corrected chi connectivity index (χ0v) is 6.73.